The average molecular weight is 246 g/mol. The number of fused-ring (bicyclic) bond motifs is 1. The molecule has 0 aliphatic carbocycles. The van der Waals surface area contributed by atoms with Gasteiger partial charge in [-0.1, -0.05) is 12.1 Å². The van der Waals surface area contributed by atoms with Crippen molar-refractivity contribution in [2.45, 2.75) is 34.1 Å². The van der Waals surface area contributed by atoms with Gasteiger partial charge in [-0.05, 0) is 51.3 Å². The van der Waals surface area contributed by atoms with Crippen molar-refractivity contribution < 1.29 is 14.3 Å². The summed E-state index contributed by atoms with van der Waals surface area (Å²) in [5.74, 6) is 0.133. The second-order valence-electron chi connectivity index (χ2n) is 5.48. The van der Waals surface area contributed by atoms with E-state index in [2.05, 4.69) is 0 Å². The minimum absolute atomic E-state index is 0.497. The van der Waals surface area contributed by atoms with Crippen molar-refractivity contribution in [3.63, 3.8) is 0 Å². The van der Waals surface area contributed by atoms with Crippen molar-refractivity contribution in [2.75, 3.05) is 0 Å². The highest BCUT2D eigenvalue weighted by Crippen LogP contribution is 2.28. The fraction of sp³-hybridized carbons (Fsp3) is 0.400. The summed E-state index contributed by atoms with van der Waals surface area (Å²) in [5, 5.41) is 10.2. The lowest BCUT2D eigenvalue weighted by Gasteiger charge is -2.18. The minimum Gasteiger partial charge on any atom is -0.481 e. The van der Waals surface area contributed by atoms with Gasteiger partial charge in [0, 0.05) is 5.39 Å². The zero-order valence-corrected chi connectivity index (χ0v) is 11.2. The minimum atomic E-state index is -0.783. The topological polar surface area (TPSA) is 50.4 Å². The molecule has 3 nitrogen and oxygen atoms in total. The molecular weight excluding hydrogens is 228 g/mol. The van der Waals surface area contributed by atoms with Crippen molar-refractivity contribution in [3.05, 3.63) is 35.1 Å². The number of carboxylic acid groups (broad SMARTS) is 1. The SMILES string of the molecule is Cc1oc2cc(CC(C)(C)C(=O)O)ccc2c1C. The van der Waals surface area contributed by atoms with Crippen molar-refractivity contribution >= 4 is 16.9 Å². The summed E-state index contributed by atoms with van der Waals surface area (Å²) in [6.45, 7) is 7.44. The van der Waals surface area contributed by atoms with E-state index in [1.807, 2.05) is 32.0 Å². The van der Waals surface area contributed by atoms with E-state index >= 15 is 0 Å². The molecule has 1 heterocycles. The van der Waals surface area contributed by atoms with Gasteiger partial charge in [-0.3, -0.25) is 4.79 Å². The Hall–Kier alpha value is -1.77. The van der Waals surface area contributed by atoms with Gasteiger partial charge in [0.05, 0.1) is 5.41 Å². The second-order valence-corrected chi connectivity index (χ2v) is 5.48. The highest BCUT2D eigenvalue weighted by Gasteiger charge is 2.27. The predicted octanol–water partition coefficient (Wildman–Crippen LogP) is 3.70. The summed E-state index contributed by atoms with van der Waals surface area (Å²) in [6.07, 6.45) is 0.497. The first-order valence-corrected chi connectivity index (χ1v) is 6.03. The molecule has 0 amide bonds. The van der Waals surface area contributed by atoms with E-state index in [1.54, 1.807) is 13.8 Å². The van der Waals surface area contributed by atoms with Crippen LogP contribution in [0.2, 0.25) is 0 Å². The molecule has 0 bridgehead atoms. The fourth-order valence-corrected chi connectivity index (χ4v) is 2.09. The molecule has 0 spiro atoms. The zero-order chi connectivity index (χ0) is 13.5. The predicted molar refractivity (Wildman–Crippen MR) is 70.8 cm³/mol. The van der Waals surface area contributed by atoms with E-state index < -0.39 is 11.4 Å². The summed E-state index contributed by atoms with van der Waals surface area (Å²) >= 11 is 0. The van der Waals surface area contributed by atoms with Gasteiger partial charge in [-0.25, -0.2) is 0 Å². The van der Waals surface area contributed by atoms with Crippen LogP contribution in [0.3, 0.4) is 0 Å². The summed E-state index contributed by atoms with van der Waals surface area (Å²) < 4.78 is 5.67. The highest BCUT2D eigenvalue weighted by atomic mass is 16.4. The number of rotatable bonds is 3. The van der Waals surface area contributed by atoms with Gasteiger partial charge in [-0.2, -0.15) is 0 Å². The number of hydrogen-bond acceptors (Lipinski definition) is 2. The lowest BCUT2D eigenvalue weighted by Crippen LogP contribution is -2.26. The molecule has 18 heavy (non-hydrogen) atoms. The van der Waals surface area contributed by atoms with Gasteiger partial charge >= 0.3 is 5.97 Å². The third kappa shape index (κ3) is 2.13. The van der Waals surface area contributed by atoms with E-state index in [-0.39, 0.29) is 0 Å². The van der Waals surface area contributed by atoms with Crippen LogP contribution >= 0.6 is 0 Å². The third-order valence-electron chi connectivity index (χ3n) is 3.47. The smallest absolute Gasteiger partial charge is 0.309 e. The maximum absolute atomic E-state index is 11.1. The Morgan fingerprint density at radius 3 is 2.61 bits per heavy atom. The van der Waals surface area contributed by atoms with Crippen LogP contribution < -0.4 is 0 Å². The molecule has 0 radical (unpaired) electrons. The molecule has 3 heteroatoms. The van der Waals surface area contributed by atoms with Crippen LogP contribution in [0.25, 0.3) is 11.0 Å². The van der Waals surface area contributed by atoms with Gasteiger partial charge in [0.1, 0.15) is 11.3 Å². The van der Waals surface area contributed by atoms with Crippen LogP contribution in [0.1, 0.15) is 30.7 Å². The molecule has 2 aromatic rings. The van der Waals surface area contributed by atoms with E-state index in [0.29, 0.717) is 6.42 Å². The molecule has 0 aliphatic heterocycles. The number of benzene rings is 1. The first-order chi connectivity index (χ1) is 8.31. The molecule has 96 valence electrons. The van der Waals surface area contributed by atoms with Crippen LogP contribution in [0, 0.1) is 19.3 Å². The zero-order valence-electron chi connectivity index (χ0n) is 11.2. The maximum Gasteiger partial charge on any atom is 0.309 e. The molecule has 1 N–H and O–H groups in total. The third-order valence-corrected chi connectivity index (χ3v) is 3.47. The van der Waals surface area contributed by atoms with E-state index in [4.69, 9.17) is 9.52 Å². The Morgan fingerprint density at radius 1 is 1.33 bits per heavy atom. The van der Waals surface area contributed by atoms with Gasteiger partial charge < -0.3 is 9.52 Å². The number of carbonyl (C=O) groups is 1. The number of hydrogen-bond donors (Lipinski definition) is 1. The summed E-state index contributed by atoms with van der Waals surface area (Å²) in [6, 6.07) is 5.93. The van der Waals surface area contributed by atoms with Gasteiger partial charge in [0.2, 0.25) is 0 Å². The molecule has 0 aliphatic rings. The Bertz CT molecular complexity index is 605. The van der Waals surface area contributed by atoms with Crippen LogP contribution in [0.5, 0.6) is 0 Å². The second kappa shape index (κ2) is 4.16. The molecule has 0 saturated carbocycles. The van der Waals surface area contributed by atoms with Crippen molar-refractivity contribution in [2.24, 2.45) is 5.41 Å². The lowest BCUT2D eigenvalue weighted by molar-refractivity contribution is -0.146. The quantitative estimate of drug-likeness (QED) is 0.898. The van der Waals surface area contributed by atoms with Crippen molar-refractivity contribution in [1.82, 2.24) is 0 Å². The van der Waals surface area contributed by atoms with Gasteiger partial charge in [-0.15, -0.1) is 0 Å². The first-order valence-electron chi connectivity index (χ1n) is 6.03. The standard InChI is InChI=1S/C15H18O3/c1-9-10(2)18-13-7-11(5-6-12(9)13)8-15(3,4)14(16)17/h5-7H,8H2,1-4H3,(H,16,17). The van der Waals surface area contributed by atoms with Gasteiger partial charge in [0.25, 0.3) is 0 Å². The molecule has 2 rings (SSSR count). The summed E-state index contributed by atoms with van der Waals surface area (Å²) in [5.41, 5.74) is 2.21. The van der Waals surface area contributed by atoms with E-state index in [9.17, 15) is 4.79 Å². The molecule has 1 aromatic carbocycles. The largest absolute Gasteiger partial charge is 0.481 e. The average Bonchev–Trinajstić information content (AvgIpc) is 2.53. The molecule has 0 fully saturated rings. The van der Waals surface area contributed by atoms with E-state index in [1.165, 1.54) is 0 Å². The van der Waals surface area contributed by atoms with Crippen LogP contribution in [-0.4, -0.2) is 11.1 Å². The van der Waals surface area contributed by atoms with E-state index in [0.717, 1.165) is 27.9 Å². The van der Waals surface area contributed by atoms with Gasteiger partial charge in [0.15, 0.2) is 0 Å². The maximum atomic E-state index is 11.1. The normalized spacial score (nSPS) is 12.0. The Morgan fingerprint density at radius 2 is 2.00 bits per heavy atom. The monoisotopic (exact) mass is 246 g/mol. The lowest BCUT2D eigenvalue weighted by atomic mass is 9.86. The highest BCUT2D eigenvalue weighted by molar-refractivity contribution is 5.83. The molecule has 0 atom stereocenters. The molecular formula is C15H18O3. The van der Waals surface area contributed by atoms with Crippen molar-refractivity contribution in [1.29, 1.82) is 0 Å². The fourth-order valence-electron chi connectivity index (χ4n) is 2.09. The van der Waals surface area contributed by atoms with Crippen LogP contribution in [-0.2, 0) is 11.2 Å². The summed E-state index contributed by atoms with van der Waals surface area (Å²) in [4.78, 5) is 11.1. The molecule has 0 saturated heterocycles. The Kier molecular flexibility index (Phi) is 2.93. The number of aliphatic carboxylic acids is 1. The van der Waals surface area contributed by atoms with Crippen LogP contribution in [0.15, 0.2) is 22.6 Å². The molecule has 1 aromatic heterocycles. The van der Waals surface area contributed by atoms with Crippen LogP contribution in [0.4, 0.5) is 0 Å². The number of furan rings is 1. The number of carboxylic acids is 1. The Balaban J connectivity index is 2.39. The summed E-state index contributed by atoms with van der Waals surface area (Å²) in [7, 11) is 0. The first kappa shape index (κ1) is 12.7. The Labute approximate surface area is 106 Å². The number of aryl methyl sites for hydroxylation is 2. The van der Waals surface area contributed by atoms with Crippen molar-refractivity contribution in [3.8, 4) is 0 Å². The molecule has 0 unspecified atom stereocenters.